The highest BCUT2D eigenvalue weighted by Gasteiger charge is 2.33. The van der Waals surface area contributed by atoms with E-state index in [4.69, 9.17) is 4.74 Å². The molecule has 100 valence electrons. The highest BCUT2D eigenvalue weighted by molar-refractivity contribution is 5.20. The summed E-state index contributed by atoms with van der Waals surface area (Å²) < 4.78 is 6.04. The van der Waals surface area contributed by atoms with E-state index in [1.807, 2.05) is 0 Å². The van der Waals surface area contributed by atoms with Gasteiger partial charge in [0, 0.05) is 12.6 Å². The van der Waals surface area contributed by atoms with Crippen molar-refractivity contribution >= 4 is 0 Å². The Morgan fingerprint density at radius 3 is 2.44 bits per heavy atom. The second kappa shape index (κ2) is 6.91. The second-order valence-electron chi connectivity index (χ2n) is 5.06. The monoisotopic (exact) mass is 247 g/mol. The molecule has 1 aromatic carbocycles. The van der Waals surface area contributed by atoms with Crippen LogP contribution in [0, 0.1) is 5.92 Å². The van der Waals surface area contributed by atoms with Gasteiger partial charge in [-0.15, -0.1) is 0 Å². The van der Waals surface area contributed by atoms with Gasteiger partial charge in [0.15, 0.2) is 0 Å². The Hall–Kier alpha value is -0.860. The SMILES string of the molecule is CCNC(C1CCC1)C(OCC)c1ccccc1. The summed E-state index contributed by atoms with van der Waals surface area (Å²) >= 11 is 0. The quantitative estimate of drug-likeness (QED) is 0.795. The van der Waals surface area contributed by atoms with Crippen molar-refractivity contribution in [1.29, 1.82) is 0 Å². The lowest BCUT2D eigenvalue weighted by Crippen LogP contribution is -2.44. The maximum atomic E-state index is 6.04. The van der Waals surface area contributed by atoms with Crippen LogP contribution in [-0.2, 0) is 4.74 Å². The molecule has 0 heterocycles. The van der Waals surface area contributed by atoms with Gasteiger partial charge in [-0.25, -0.2) is 0 Å². The molecule has 1 saturated carbocycles. The Bertz CT molecular complexity index is 334. The Morgan fingerprint density at radius 2 is 1.94 bits per heavy atom. The van der Waals surface area contributed by atoms with Crippen molar-refractivity contribution < 1.29 is 4.74 Å². The molecule has 1 aromatic rings. The van der Waals surface area contributed by atoms with Crippen LogP contribution in [0.1, 0.15) is 44.8 Å². The van der Waals surface area contributed by atoms with Gasteiger partial charge in [-0.05, 0) is 37.8 Å². The predicted molar refractivity (Wildman–Crippen MR) is 75.6 cm³/mol. The van der Waals surface area contributed by atoms with Crippen molar-refractivity contribution in [2.24, 2.45) is 5.92 Å². The molecule has 2 unspecified atom stereocenters. The van der Waals surface area contributed by atoms with Crippen LogP contribution in [0.5, 0.6) is 0 Å². The van der Waals surface area contributed by atoms with E-state index in [1.165, 1.54) is 24.8 Å². The van der Waals surface area contributed by atoms with E-state index in [0.717, 1.165) is 19.1 Å². The number of nitrogens with one attached hydrogen (secondary N) is 1. The third kappa shape index (κ3) is 3.12. The molecule has 18 heavy (non-hydrogen) atoms. The topological polar surface area (TPSA) is 21.3 Å². The molecule has 1 aliphatic carbocycles. The Morgan fingerprint density at radius 1 is 1.22 bits per heavy atom. The van der Waals surface area contributed by atoms with Gasteiger partial charge >= 0.3 is 0 Å². The molecular formula is C16H25NO. The molecule has 0 radical (unpaired) electrons. The van der Waals surface area contributed by atoms with Crippen molar-refractivity contribution in [2.75, 3.05) is 13.2 Å². The summed E-state index contributed by atoms with van der Waals surface area (Å²) in [7, 11) is 0. The van der Waals surface area contributed by atoms with Crippen LogP contribution < -0.4 is 5.32 Å². The van der Waals surface area contributed by atoms with Crippen LogP contribution in [0.3, 0.4) is 0 Å². The third-order valence-electron chi connectivity index (χ3n) is 3.90. The number of ether oxygens (including phenoxy) is 1. The summed E-state index contributed by atoms with van der Waals surface area (Å²) in [5, 5.41) is 3.64. The van der Waals surface area contributed by atoms with E-state index in [2.05, 4.69) is 49.5 Å². The molecule has 0 saturated heterocycles. The van der Waals surface area contributed by atoms with Crippen molar-refractivity contribution in [3.8, 4) is 0 Å². The van der Waals surface area contributed by atoms with Crippen LogP contribution >= 0.6 is 0 Å². The molecule has 0 aromatic heterocycles. The lowest BCUT2D eigenvalue weighted by Gasteiger charge is -2.39. The average Bonchev–Trinajstić information content (AvgIpc) is 2.34. The molecule has 2 nitrogen and oxygen atoms in total. The highest BCUT2D eigenvalue weighted by Crippen LogP contribution is 2.36. The van der Waals surface area contributed by atoms with Gasteiger partial charge in [0.25, 0.3) is 0 Å². The van der Waals surface area contributed by atoms with E-state index < -0.39 is 0 Å². The molecule has 0 spiro atoms. The van der Waals surface area contributed by atoms with E-state index >= 15 is 0 Å². The number of likely N-dealkylation sites (N-methyl/N-ethyl adjacent to an activating group) is 1. The summed E-state index contributed by atoms with van der Waals surface area (Å²) in [5.74, 6) is 0.779. The lowest BCUT2D eigenvalue weighted by atomic mass is 9.76. The summed E-state index contributed by atoms with van der Waals surface area (Å²) in [6, 6.07) is 11.1. The molecule has 0 aliphatic heterocycles. The minimum atomic E-state index is 0.196. The van der Waals surface area contributed by atoms with E-state index in [-0.39, 0.29) is 6.10 Å². The zero-order valence-corrected chi connectivity index (χ0v) is 11.6. The third-order valence-corrected chi connectivity index (χ3v) is 3.90. The van der Waals surface area contributed by atoms with Gasteiger partial charge in [0.2, 0.25) is 0 Å². The van der Waals surface area contributed by atoms with E-state index in [0.29, 0.717) is 6.04 Å². The zero-order valence-electron chi connectivity index (χ0n) is 11.6. The normalized spacial score (nSPS) is 19.2. The van der Waals surface area contributed by atoms with Gasteiger partial charge in [0.05, 0.1) is 6.10 Å². The van der Waals surface area contributed by atoms with E-state index in [1.54, 1.807) is 0 Å². The Kier molecular flexibility index (Phi) is 5.21. The fourth-order valence-corrected chi connectivity index (χ4v) is 2.79. The second-order valence-corrected chi connectivity index (χ2v) is 5.06. The summed E-state index contributed by atoms with van der Waals surface area (Å²) in [5.41, 5.74) is 1.30. The van der Waals surface area contributed by atoms with Crippen LogP contribution in [-0.4, -0.2) is 19.2 Å². The standard InChI is InChI=1S/C16H25NO/c1-3-17-15(13-11-8-12-13)16(18-4-2)14-9-6-5-7-10-14/h5-7,9-10,13,15-17H,3-4,8,11-12H2,1-2H3. The molecule has 2 heteroatoms. The minimum absolute atomic E-state index is 0.196. The first kappa shape index (κ1) is 13.6. The fraction of sp³-hybridized carbons (Fsp3) is 0.625. The fourth-order valence-electron chi connectivity index (χ4n) is 2.79. The summed E-state index contributed by atoms with van der Waals surface area (Å²) in [6.07, 6.45) is 4.25. The van der Waals surface area contributed by atoms with Crippen LogP contribution in [0.2, 0.25) is 0 Å². The molecule has 1 fully saturated rings. The van der Waals surface area contributed by atoms with Crippen molar-refractivity contribution in [1.82, 2.24) is 5.32 Å². The van der Waals surface area contributed by atoms with Gasteiger partial charge in [-0.3, -0.25) is 0 Å². The number of hydrogen-bond donors (Lipinski definition) is 1. The first-order valence-corrected chi connectivity index (χ1v) is 7.26. The predicted octanol–water partition coefficient (Wildman–Crippen LogP) is 3.54. The Balaban J connectivity index is 2.15. The van der Waals surface area contributed by atoms with Crippen LogP contribution in [0.25, 0.3) is 0 Å². The number of rotatable bonds is 7. The molecule has 1 N–H and O–H groups in total. The van der Waals surface area contributed by atoms with Crippen molar-refractivity contribution in [3.05, 3.63) is 35.9 Å². The lowest BCUT2D eigenvalue weighted by molar-refractivity contribution is 0.00289. The van der Waals surface area contributed by atoms with Gasteiger partial charge < -0.3 is 10.1 Å². The molecule has 2 atom stereocenters. The largest absolute Gasteiger partial charge is 0.372 e. The number of benzene rings is 1. The molecule has 0 amide bonds. The Labute approximate surface area is 111 Å². The smallest absolute Gasteiger partial charge is 0.0980 e. The minimum Gasteiger partial charge on any atom is -0.372 e. The molecule has 1 aliphatic rings. The van der Waals surface area contributed by atoms with Gasteiger partial charge in [-0.2, -0.15) is 0 Å². The maximum absolute atomic E-state index is 6.04. The van der Waals surface area contributed by atoms with Crippen LogP contribution in [0.4, 0.5) is 0 Å². The summed E-state index contributed by atoms with van der Waals surface area (Å²) in [6.45, 7) is 6.05. The molecular weight excluding hydrogens is 222 g/mol. The first-order chi connectivity index (χ1) is 8.86. The highest BCUT2D eigenvalue weighted by atomic mass is 16.5. The van der Waals surface area contributed by atoms with E-state index in [9.17, 15) is 0 Å². The molecule has 2 rings (SSSR count). The van der Waals surface area contributed by atoms with Gasteiger partial charge in [0.1, 0.15) is 0 Å². The first-order valence-electron chi connectivity index (χ1n) is 7.26. The van der Waals surface area contributed by atoms with Crippen molar-refractivity contribution in [3.63, 3.8) is 0 Å². The average molecular weight is 247 g/mol. The van der Waals surface area contributed by atoms with Crippen LogP contribution in [0.15, 0.2) is 30.3 Å². The molecule has 0 bridgehead atoms. The summed E-state index contributed by atoms with van der Waals surface area (Å²) in [4.78, 5) is 0. The van der Waals surface area contributed by atoms with Crippen molar-refractivity contribution in [2.45, 2.75) is 45.3 Å². The zero-order chi connectivity index (χ0) is 12.8. The number of hydrogen-bond acceptors (Lipinski definition) is 2. The van der Waals surface area contributed by atoms with Gasteiger partial charge in [-0.1, -0.05) is 43.7 Å². The maximum Gasteiger partial charge on any atom is 0.0980 e.